The fraction of sp³-hybridized carbons (Fsp3) is 0. The van der Waals surface area contributed by atoms with Crippen LogP contribution in [-0.4, -0.2) is 5.29 Å². The summed E-state index contributed by atoms with van der Waals surface area (Å²) >= 11 is 5.02. The van der Waals surface area contributed by atoms with Gasteiger partial charge < -0.3 is 0 Å². The first-order valence-electron chi connectivity index (χ1n) is 0.886. The zero-order chi connectivity index (χ0) is 2.99. The summed E-state index contributed by atoms with van der Waals surface area (Å²) in [6.07, 6.45) is 0. The van der Waals surface area contributed by atoms with Crippen LogP contribution in [0.3, 0.4) is 0 Å². The van der Waals surface area contributed by atoms with Gasteiger partial charge in [-0.05, 0) is 11.6 Å². The minimum atomic E-state index is 0.514. The maximum Gasteiger partial charge on any atom is 0.235 e. The second-order valence-electron chi connectivity index (χ2n) is 0.514. The van der Waals surface area contributed by atoms with Crippen molar-refractivity contribution in [1.82, 2.24) is 5.43 Å². The van der Waals surface area contributed by atoms with Gasteiger partial charge in [0, 0.05) is 0 Å². The first-order valence-corrected chi connectivity index (χ1v) is 1.26. The zero-order valence-electron chi connectivity index (χ0n) is 1.83. The van der Waals surface area contributed by atoms with Crippen LogP contribution in [0.4, 0.5) is 0 Å². The van der Waals surface area contributed by atoms with Gasteiger partial charge in [0.25, 0.3) is 0 Å². The van der Waals surface area contributed by atoms with Gasteiger partial charge in [0.15, 0.2) is 0 Å². The molecule has 1 N–H and O–H groups in total. The predicted octanol–water partition coefficient (Wildman–Crippen LogP) is 0.0994. The Bertz CT molecular complexity index is 57.1. The molecule has 1 heterocycles. The van der Waals surface area contributed by atoms with Crippen molar-refractivity contribution in [1.29, 1.82) is 0 Å². The molecule has 0 aliphatic carbocycles. The first-order chi connectivity index (χ1) is 1.89. The van der Waals surface area contributed by atoms with Gasteiger partial charge in [-0.25, -0.2) is 5.43 Å². The number of hydrogen-bond donors (Lipinski definition) is 1. The van der Waals surface area contributed by atoms with Crippen molar-refractivity contribution in [3.63, 3.8) is 0 Å². The standard InChI is InChI=1S/CHClN2/c2-1-3-4-1/h(H,3,4). The van der Waals surface area contributed by atoms with Crippen LogP contribution in [0.25, 0.3) is 0 Å². The number of hydrazone groups is 1. The van der Waals surface area contributed by atoms with E-state index in [2.05, 4.69) is 10.5 Å². The maximum atomic E-state index is 5.02. The highest BCUT2D eigenvalue weighted by Gasteiger charge is 1.98. The van der Waals surface area contributed by atoms with Gasteiger partial charge >= 0.3 is 0 Å². The molecule has 0 amide bonds. The number of rotatable bonds is 0. The molecule has 0 radical (unpaired) electrons. The van der Waals surface area contributed by atoms with Crippen LogP contribution in [0.5, 0.6) is 0 Å². The molecule has 0 bridgehead atoms. The number of nitrogens with zero attached hydrogens (tertiary/aromatic N) is 1. The third-order valence-electron chi connectivity index (χ3n) is 0.196. The Morgan fingerprint density at radius 3 is 2.25 bits per heavy atom. The van der Waals surface area contributed by atoms with Gasteiger partial charge in [-0.1, -0.05) is 0 Å². The summed E-state index contributed by atoms with van der Waals surface area (Å²) in [6, 6.07) is 0. The van der Waals surface area contributed by atoms with E-state index in [1.807, 2.05) is 0 Å². The molecule has 0 unspecified atom stereocenters. The third kappa shape index (κ3) is 0.133. The summed E-state index contributed by atoms with van der Waals surface area (Å²) in [5.41, 5.74) is 2.40. The average Bonchev–Trinajstić information content (AvgIpc) is 1.75. The highest BCUT2D eigenvalue weighted by atomic mass is 35.5. The van der Waals surface area contributed by atoms with E-state index < -0.39 is 0 Å². The zero-order valence-corrected chi connectivity index (χ0v) is 2.58. The van der Waals surface area contributed by atoms with E-state index in [1.165, 1.54) is 0 Å². The van der Waals surface area contributed by atoms with Crippen LogP contribution in [0.1, 0.15) is 0 Å². The van der Waals surface area contributed by atoms with Gasteiger partial charge in [-0.15, -0.1) is 5.10 Å². The Morgan fingerprint density at radius 2 is 2.25 bits per heavy atom. The van der Waals surface area contributed by atoms with E-state index in [1.54, 1.807) is 0 Å². The minimum absolute atomic E-state index is 0.514. The quantitative estimate of drug-likeness (QED) is 0.408. The molecule has 4 heavy (non-hydrogen) atoms. The summed E-state index contributed by atoms with van der Waals surface area (Å²) in [7, 11) is 0. The molecule has 0 atom stereocenters. The molecule has 3 heteroatoms. The molecule has 0 spiro atoms. The lowest BCUT2D eigenvalue weighted by atomic mass is 11.5. The molecule has 0 aromatic carbocycles. The van der Waals surface area contributed by atoms with Crippen molar-refractivity contribution in [2.45, 2.75) is 0 Å². The number of halogens is 1. The highest BCUT2D eigenvalue weighted by molar-refractivity contribution is 6.67. The third-order valence-corrected chi connectivity index (χ3v) is 0.365. The Kier molecular flexibility index (Phi) is 0.191. The molecule has 0 aromatic rings. The highest BCUT2D eigenvalue weighted by Crippen LogP contribution is 1.87. The van der Waals surface area contributed by atoms with Crippen molar-refractivity contribution in [3.8, 4) is 0 Å². The average molecular weight is 76.5 g/mol. The Hall–Kier alpha value is -0.240. The number of nitrogens with one attached hydrogen (secondary N) is 1. The predicted molar refractivity (Wildman–Crippen MR) is 16.4 cm³/mol. The summed E-state index contributed by atoms with van der Waals surface area (Å²) in [6.45, 7) is 0. The van der Waals surface area contributed by atoms with Gasteiger partial charge in [-0.3, -0.25) is 0 Å². The SMILES string of the molecule is ClC1=NN1. The fourth-order valence-corrected chi connectivity index (χ4v) is 0.0634. The summed E-state index contributed by atoms with van der Waals surface area (Å²) in [5.74, 6) is 0. The van der Waals surface area contributed by atoms with Crippen LogP contribution in [0.15, 0.2) is 5.10 Å². The van der Waals surface area contributed by atoms with Gasteiger partial charge in [-0.2, -0.15) is 0 Å². The smallest absolute Gasteiger partial charge is 0.235 e. The van der Waals surface area contributed by atoms with Crippen LogP contribution < -0.4 is 5.43 Å². The van der Waals surface area contributed by atoms with Gasteiger partial charge in [0.2, 0.25) is 5.29 Å². The van der Waals surface area contributed by atoms with E-state index in [9.17, 15) is 0 Å². The Labute approximate surface area is 28.5 Å². The van der Waals surface area contributed by atoms with E-state index in [4.69, 9.17) is 11.6 Å². The monoisotopic (exact) mass is 76.0 g/mol. The maximum absolute atomic E-state index is 5.02. The molecule has 1 rings (SSSR count). The summed E-state index contributed by atoms with van der Waals surface area (Å²) < 4.78 is 0. The topological polar surface area (TPSA) is 34.3 Å². The molecule has 0 saturated heterocycles. The van der Waals surface area contributed by atoms with Crippen molar-refractivity contribution >= 4 is 16.9 Å². The van der Waals surface area contributed by atoms with E-state index in [-0.39, 0.29) is 0 Å². The Morgan fingerprint density at radius 1 is 2.00 bits per heavy atom. The minimum Gasteiger partial charge on any atom is -0.247 e. The van der Waals surface area contributed by atoms with Crippen LogP contribution >= 0.6 is 11.6 Å². The van der Waals surface area contributed by atoms with E-state index >= 15 is 0 Å². The molecule has 2 nitrogen and oxygen atoms in total. The Balaban J connectivity index is 2.54. The molecule has 0 fully saturated rings. The lowest BCUT2D eigenvalue weighted by Gasteiger charge is -1.41. The second-order valence-corrected chi connectivity index (χ2v) is 0.872. The lowest BCUT2D eigenvalue weighted by molar-refractivity contribution is 1.26. The molecule has 0 saturated carbocycles. The van der Waals surface area contributed by atoms with Crippen molar-refractivity contribution in [3.05, 3.63) is 0 Å². The van der Waals surface area contributed by atoms with Crippen molar-refractivity contribution in [2.75, 3.05) is 0 Å². The number of amidine groups is 1. The van der Waals surface area contributed by atoms with E-state index in [0.717, 1.165) is 0 Å². The van der Waals surface area contributed by atoms with Gasteiger partial charge in [0.05, 0.1) is 0 Å². The summed E-state index contributed by atoms with van der Waals surface area (Å²) in [5, 5.41) is 3.85. The normalized spacial score (nSPS) is 17.8. The molecule has 1 aliphatic rings. The molecule has 1 aliphatic heterocycles. The second kappa shape index (κ2) is 0.377. The molecular weight excluding hydrogens is 75.5 g/mol. The molecule has 0 aromatic heterocycles. The molecular formula is CHClN2. The van der Waals surface area contributed by atoms with Crippen molar-refractivity contribution in [2.24, 2.45) is 5.10 Å². The van der Waals surface area contributed by atoms with Crippen molar-refractivity contribution < 1.29 is 0 Å². The molecule has 22 valence electrons. The fourth-order valence-electron chi connectivity index (χ4n) is 0.0211. The van der Waals surface area contributed by atoms with E-state index in [0.29, 0.717) is 5.29 Å². The number of hydrogen-bond acceptors (Lipinski definition) is 2. The largest absolute Gasteiger partial charge is 0.247 e. The lowest BCUT2D eigenvalue weighted by Crippen LogP contribution is -1.74. The van der Waals surface area contributed by atoms with Crippen LogP contribution in [-0.2, 0) is 0 Å². The van der Waals surface area contributed by atoms with Crippen LogP contribution in [0.2, 0.25) is 0 Å². The van der Waals surface area contributed by atoms with Crippen LogP contribution in [0, 0.1) is 0 Å². The summed E-state index contributed by atoms with van der Waals surface area (Å²) in [4.78, 5) is 0. The van der Waals surface area contributed by atoms with Gasteiger partial charge in [0.1, 0.15) is 0 Å². The first kappa shape index (κ1) is 2.03.